The van der Waals surface area contributed by atoms with Gasteiger partial charge in [0.2, 0.25) is 5.95 Å². The normalized spacial score (nSPS) is 11.1. The van der Waals surface area contributed by atoms with Crippen molar-refractivity contribution in [2.24, 2.45) is 0 Å². The highest BCUT2D eigenvalue weighted by Crippen LogP contribution is 2.30. The lowest BCUT2D eigenvalue weighted by atomic mass is 10.2. The van der Waals surface area contributed by atoms with Crippen LogP contribution >= 0.6 is 0 Å². The number of benzene rings is 2. The second kappa shape index (κ2) is 7.26. The number of aromatic nitrogens is 3. The van der Waals surface area contributed by atoms with Gasteiger partial charge in [-0.3, -0.25) is 0 Å². The van der Waals surface area contributed by atoms with E-state index in [0.29, 0.717) is 17.3 Å². The zero-order valence-corrected chi connectivity index (χ0v) is 13.6. The van der Waals surface area contributed by atoms with Crippen molar-refractivity contribution in [1.82, 2.24) is 15.2 Å². The van der Waals surface area contributed by atoms with E-state index in [2.05, 4.69) is 25.8 Å². The van der Waals surface area contributed by atoms with Crippen molar-refractivity contribution in [2.45, 2.75) is 6.18 Å². The van der Waals surface area contributed by atoms with Crippen LogP contribution in [0.15, 0.2) is 54.7 Å². The molecule has 0 aliphatic heterocycles. The molecule has 0 fully saturated rings. The summed E-state index contributed by atoms with van der Waals surface area (Å²) in [5.74, 6) is 1.30. The van der Waals surface area contributed by atoms with Crippen LogP contribution in [0.2, 0.25) is 0 Å². The Bertz CT molecular complexity index is 867. The summed E-state index contributed by atoms with van der Waals surface area (Å²) in [5.41, 5.74) is 0.471. The first-order valence-corrected chi connectivity index (χ1v) is 7.49. The third-order valence-electron chi connectivity index (χ3n) is 3.39. The van der Waals surface area contributed by atoms with Crippen LogP contribution in [0.25, 0.3) is 0 Å². The second-order valence-electron chi connectivity index (χ2n) is 5.22. The smallest absolute Gasteiger partial charge is 0.416 e. The lowest BCUT2D eigenvalue weighted by Crippen LogP contribution is -2.05. The molecule has 0 aliphatic rings. The molecule has 3 aromatic rings. The topological polar surface area (TPSA) is 72.0 Å². The van der Waals surface area contributed by atoms with Gasteiger partial charge in [-0.05, 0) is 48.5 Å². The molecule has 2 N–H and O–H groups in total. The van der Waals surface area contributed by atoms with Gasteiger partial charge in [-0.25, -0.2) is 0 Å². The third-order valence-corrected chi connectivity index (χ3v) is 3.39. The Kier molecular flexibility index (Phi) is 4.87. The summed E-state index contributed by atoms with van der Waals surface area (Å²) in [6.07, 6.45) is -3.00. The van der Waals surface area contributed by atoms with Crippen LogP contribution in [0, 0.1) is 0 Å². The molecule has 3 rings (SSSR count). The molecular weight excluding hydrogens is 347 g/mol. The molecule has 6 nitrogen and oxygen atoms in total. The second-order valence-corrected chi connectivity index (χ2v) is 5.22. The summed E-state index contributed by atoms with van der Waals surface area (Å²) in [6.45, 7) is 0. The standard InChI is InChI=1S/C17H14F3N5O/c1-26-14-8-6-13(7-9-14)23-16-24-15(10-21-25-16)22-12-4-2-11(3-5-12)17(18,19)20/h2-10H,1H3,(H2,22,23,24,25). The molecule has 1 heterocycles. The van der Waals surface area contributed by atoms with Gasteiger partial charge >= 0.3 is 6.18 Å². The van der Waals surface area contributed by atoms with Crippen molar-refractivity contribution in [3.63, 3.8) is 0 Å². The fourth-order valence-corrected chi connectivity index (χ4v) is 2.11. The number of methoxy groups -OCH3 is 1. The van der Waals surface area contributed by atoms with Gasteiger partial charge in [0.25, 0.3) is 0 Å². The van der Waals surface area contributed by atoms with Gasteiger partial charge in [0, 0.05) is 11.4 Å². The third kappa shape index (κ3) is 4.38. The zero-order chi connectivity index (χ0) is 18.6. The van der Waals surface area contributed by atoms with E-state index in [1.54, 1.807) is 31.4 Å². The van der Waals surface area contributed by atoms with Gasteiger partial charge < -0.3 is 15.4 Å². The Labute approximate surface area is 147 Å². The fourth-order valence-electron chi connectivity index (χ4n) is 2.11. The first kappa shape index (κ1) is 17.5. The average molecular weight is 361 g/mol. The highest BCUT2D eigenvalue weighted by atomic mass is 19.4. The van der Waals surface area contributed by atoms with Gasteiger partial charge in [0.1, 0.15) is 5.75 Å². The average Bonchev–Trinajstić information content (AvgIpc) is 2.62. The number of nitrogens with one attached hydrogen (secondary N) is 2. The minimum Gasteiger partial charge on any atom is -0.497 e. The molecule has 0 radical (unpaired) electrons. The predicted octanol–water partition coefficient (Wildman–Crippen LogP) is 4.39. The van der Waals surface area contributed by atoms with Gasteiger partial charge in [-0.2, -0.15) is 23.3 Å². The quantitative estimate of drug-likeness (QED) is 0.702. The number of alkyl halides is 3. The monoisotopic (exact) mass is 361 g/mol. The Balaban J connectivity index is 1.70. The molecule has 0 atom stereocenters. The largest absolute Gasteiger partial charge is 0.497 e. The van der Waals surface area contributed by atoms with Crippen LogP contribution in [-0.2, 0) is 6.18 Å². The lowest BCUT2D eigenvalue weighted by Gasteiger charge is -2.10. The van der Waals surface area contributed by atoms with Crippen molar-refractivity contribution < 1.29 is 17.9 Å². The summed E-state index contributed by atoms with van der Waals surface area (Å²) < 4.78 is 42.8. The molecule has 9 heteroatoms. The maximum atomic E-state index is 12.6. The zero-order valence-electron chi connectivity index (χ0n) is 13.6. The molecule has 0 saturated heterocycles. The van der Waals surface area contributed by atoms with Gasteiger partial charge in [-0.1, -0.05) is 0 Å². The van der Waals surface area contributed by atoms with Gasteiger partial charge in [0.15, 0.2) is 5.82 Å². The van der Waals surface area contributed by atoms with E-state index >= 15 is 0 Å². The van der Waals surface area contributed by atoms with E-state index in [4.69, 9.17) is 4.74 Å². The van der Waals surface area contributed by atoms with Gasteiger partial charge in [-0.15, -0.1) is 5.10 Å². The number of halogens is 3. The maximum Gasteiger partial charge on any atom is 0.416 e. The summed E-state index contributed by atoms with van der Waals surface area (Å²) >= 11 is 0. The number of nitrogens with zero attached hydrogens (tertiary/aromatic N) is 3. The van der Waals surface area contributed by atoms with Crippen LogP contribution in [0.4, 0.5) is 36.3 Å². The number of hydrogen-bond acceptors (Lipinski definition) is 6. The maximum absolute atomic E-state index is 12.6. The van der Waals surface area contributed by atoms with E-state index in [1.807, 2.05) is 0 Å². The van der Waals surface area contributed by atoms with Crippen LogP contribution in [-0.4, -0.2) is 22.3 Å². The minimum atomic E-state index is -4.37. The molecule has 0 saturated carbocycles. The SMILES string of the molecule is COc1ccc(Nc2nncc(Nc3ccc(C(F)(F)F)cc3)n2)cc1. The Morgan fingerprint density at radius 2 is 1.50 bits per heavy atom. The van der Waals surface area contributed by atoms with E-state index < -0.39 is 11.7 Å². The molecule has 0 bridgehead atoms. The molecule has 2 aromatic carbocycles. The minimum absolute atomic E-state index is 0.243. The molecule has 0 unspecified atom stereocenters. The van der Waals surface area contributed by atoms with Crippen LogP contribution in [0.1, 0.15) is 5.56 Å². The molecule has 1 aromatic heterocycles. The number of anilines is 4. The lowest BCUT2D eigenvalue weighted by molar-refractivity contribution is -0.137. The number of hydrogen-bond donors (Lipinski definition) is 2. The van der Waals surface area contributed by atoms with Crippen molar-refractivity contribution >= 4 is 23.1 Å². The Morgan fingerprint density at radius 3 is 2.12 bits per heavy atom. The highest BCUT2D eigenvalue weighted by molar-refractivity contribution is 5.59. The Hall–Kier alpha value is -3.36. The van der Waals surface area contributed by atoms with E-state index in [1.165, 1.54) is 18.3 Å². The van der Waals surface area contributed by atoms with E-state index in [9.17, 15) is 13.2 Å². The fraction of sp³-hybridized carbons (Fsp3) is 0.118. The molecule has 0 aliphatic carbocycles. The summed E-state index contributed by atoms with van der Waals surface area (Å²) in [6, 6.07) is 11.8. The molecule has 26 heavy (non-hydrogen) atoms. The van der Waals surface area contributed by atoms with Crippen molar-refractivity contribution in [2.75, 3.05) is 17.7 Å². The Morgan fingerprint density at radius 1 is 0.885 bits per heavy atom. The predicted molar refractivity (Wildman–Crippen MR) is 90.8 cm³/mol. The van der Waals surface area contributed by atoms with Crippen molar-refractivity contribution in [1.29, 1.82) is 0 Å². The van der Waals surface area contributed by atoms with E-state index in [0.717, 1.165) is 17.8 Å². The highest BCUT2D eigenvalue weighted by Gasteiger charge is 2.29. The number of rotatable bonds is 5. The number of ether oxygens (including phenoxy) is 1. The molecule has 0 amide bonds. The van der Waals surface area contributed by atoms with Crippen molar-refractivity contribution in [3.05, 3.63) is 60.3 Å². The first-order chi connectivity index (χ1) is 12.4. The summed E-state index contributed by atoms with van der Waals surface area (Å²) in [4.78, 5) is 4.23. The molecule has 134 valence electrons. The summed E-state index contributed by atoms with van der Waals surface area (Å²) in [5, 5.41) is 13.6. The summed E-state index contributed by atoms with van der Waals surface area (Å²) in [7, 11) is 1.58. The van der Waals surface area contributed by atoms with Crippen molar-refractivity contribution in [3.8, 4) is 5.75 Å². The first-order valence-electron chi connectivity index (χ1n) is 7.49. The van der Waals surface area contributed by atoms with E-state index in [-0.39, 0.29) is 5.95 Å². The van der Waals surface area contributed by atoms with Gasteiger partial charge in [0.05, 0.1) is 18.9 Å². The molecule has 0 spiro atoms. The van der Waals surface area contributed by atoms with Crippen LogP contribution in [0.5, 0.6) is 5.75 Å². The van der Waals surface area contributed by atoms with Crippen LogP contribution < -0.4 is 15.4 Å². The van der Waals surface area contributed by atoms with Crippen LogP contribution in [0.3, 0.4) is 0 Å². The molecular formula is C17H14F3N5O.